The average Bonchev–Trinajstić information content (AvgIpc) is 2.48. The molecule has 1 aliphatic heterocycles. The summed E-state index contributed by atoms with van der Waals surface area (Å²) in [5.74, 6) is -0.398. The van der Waals surface area contributed by atoms with Crippen LogP contribution in [0.2, 0.25) is 0 Å². The first-order chi connectivity index (χ1) is 9.58. The van der Waals surface area contributed by atoms with Crippen molar-refractivity contribution in [2.45, 2.75) is 57.7 Å². The molecule has 122 valence electrons. The number of hydrogen-bond donors (Lipinski definition) is 1. The summed E-state index contributed by atoms with van der Waals surface area (Å²) in [5, 5.41) is 2.71. The molecular weight excluding hydrogens is 292 g/mol. The van der Waals surface area contributed by atoms with Crippen molar-refractivity contribution in [1.29, 1.82) is 0 Å². The van der Waals surface area contributed by atoms with Crippen molar-refractivity contribution in [3.63, 3.8) is 0 Å². The highest BCUT2D eigenvalue weighted by molar-refractivity contribution is 7.92. The van der Waals surface area contributed by atoms with Crippen LogP contribution in [0.25, 0.3) is 0 Å². The topological polar surface area (TPSA) is 83.6 Å². The zero-order valence-corrected chi connectivity index (χ0v) is 14.1. The van der Waals surface area contributed by atoms with Crippen molar-refractivity contribution in [3.8, 4) is 0 Å². The van der Waals surface area contributed by atoms with E-state index < -0.39 is 20.6 Å². The molecule has 1 rings (SSSR count). The summed E-state index contributed by atoms with van der Waals surface area (Å²) in [6.45, 7) is 7.32. The van der Waals surface area contributed by atoms with Gasteiger partial charge in [0.15, 0.2) is 9.84 Å². The maximum atomic E-state index is 12.4. The fourth-order valence-electron chi connectivity index (χ4n) is 2.14. The first-order valence-corrected chi connectivity index (χ1v) is 9.04. The Labute approximate surface area is 127 Å². The molecule has 0 radical (unpaired) electrons. The second-order valence-corrected chi connectivity index (χ2v) is 9.28. The third kappa shape index (κ3) is 4.69. The Balaban J connectivity index is 2.77. The number of nitrogens with one attached hydrogen (secondary N) is 1. The molecule has 1 fully saturated rings. The van der Waals surface area contributed by atoms with Crippen LogP contribution in [-0.4, -0.2) is 54.8 Å². The van der Waals surface area contributed by atoms with Crippen LogP contribution in [0.4, 0.5) is 0 Å². The molecule has 0 bridgehead atoms. The predicted molar refractivity (Wildman–Crippen MR) is 81.6 cm³/mol. The molecule has 1 atom stereocenters. The fraction of sp³-hybridized carbons (Fsp3) is 0.857. The Hall–Kier alpha value is -1.11. The van der Waals surface area contributed by atoms with Crippen LogP contribution in [0, 0.1) is 0 Å². The van der Waals surface area contributed by atoms with Gasteiger partial charge < -0.3 is 10.2 Å². The minimum atomic E-state index is -3.27. The Morgan fingerprint density at radius 1 is 1.29 bits per heavy atom. The Morgan fingerprint density at radius 3 is 2.43 bits per heavy atom. The monoisotopic (exact) mass is 318 g/mol. The quantitative estimate of drug-likeness (QED) is 0.809. The number of rotatable bonds is 5. The van der Waals surface area contributed by atoms with E-state index in [4.69, 9.17) is 0 Å². The summed E-state index contributed by atoms with van der Waals surface area (Å²) in [6.07, 6.45) is 1.58. The summed E-state index contributed by atoms with van der Waals surface area (Å²) in [6, 6.07) is -0.526. The minimum absolute atomic E-state index is 0.0741. The third-order valence-electron chi connectivity index (χ3n) is 3.69. The highest BCUT2D eigenvalue weighted by Crippen LogP contribution is 2.17. The van der Waals surface area contributed by atoms with Gasteiger partial charge in [-0.15, -0.1) is 0 Å². The SMILES string of the molecule is CCCC1NC(=O)CCN(CCS(=O)(=O)C(C)(C)C)C1=O. The summed E-state index contributed by atoms with van der Waals surface area (Å²) in [4.78, 5) is 25.5. The summed E-state index contributed by atoms with van der Waals surface area (Å²) in [5.41, 5.74) is 0. The van der Waals surface area contributed by atoms with Crippen molar-refractivity contribution in [1.82, 2.24) is 10.2 Å². The van der Waals surface area contributed by atoms with Crippen molar-refractivity contribution in [3.05, 3.63) is 0 Å². The summed E-state index contributed by atoms with van der Waals surface area (Å²) < 4.78 is 23.4. The van der Waals surface area contributed by atoms with Crippen molar-refractivity contribution < 1.29 is 18.0 Å². The van der Waals surface area contributed by atoms with Gasteiger partial charge in [0.25, 0.3) is 0 Å². The highest BCUT2D eigenvalue weighted by atomic mass is 32.2. The van der Waals surface area contributed by atoms with Crippen LogP contribution in [-0.2, 0) is 19.4 Å². The molecule has 0 spiro atoms. The molecule has 0 aromatic heterocycles. The smallest absolute Gasteiger partial charge is 0.245 e. The fourth-order valence-corrected chi connectivity index (χ4v) is 3.21. The lowest BCUT2D eigenvalue weighted by Gasteiger charge is -2.26. The summed E-state index contributed by atoms with van der Waals surface area (Å²) >= 11 is 0. The van der Waals surface area contributed by atoms with Crippen LogP contribution in [0.3, 0.4) is 0 Å². The number of amides is 2. The largest absolute Gasteiger partial charge is 0.344 e. The van der Waals surface area contributed by atoms with E-state index in [1.165, 1.54) is 4.90 Å². The maximum Gasteiger partial charge on any atom is 0.245 e. The molecule has 0 aromatic rings. The van der Waals surface area contributed by atoms with E-state index in [2.05, 4.69) is 5.32 Å². The van der Waals surface area contributed by atoms with E-state index in [9.17, 15) is 18.0 Å². The van der Waals surface area contributed by atoms with Gasteiger partial charge in [0.1, 0.15) is 6.04 Å². The van der Waals surface area contributed by atoms with E-state index in [1.54, 1.807) is 20.8 Å². The van der Waals surface area contributed by atoms with Gasteiger partial charge in [-0.3, -0.25) is 9.59 Å². The normalized spacial score (nSPS) is 21.1. The molecule has 0 saturated carbocycles. The Bertz CT molecular complexity index is 494. The summed E-state index contributed by atoms with van der Waals surface area (Å²) in [7, 11) is -3.27. The van der Waals surface area contributed by atoms with Crippen molar-refractivity contribution in [2.75, 3.05) is 18.8 Å². The van der Waals surface area contributed by atoms with Crippen molar-refractivity contribution >= 4 is 21.7 Å². The van der Waals surface area contributed by atoms with E-state index in [0.717, 1.165) is 6.42 Å². The molecule has 0 aliphatic carbocycles. The van der Waals surface area contributed by atoms with E-state index in [1.807, 2.05) is 6.92 Å². The van der Waals surface area contributed by atoms with E-state index in [-0.39, 0.29) is 37.1 Å². The average molecular weight is 318 g/mol. The lowest BCUT2D eigenvalue weighted by molar-refractivity contribution is -0.133. The van der Waals surface area contributed by atoms with E-state index in [0.29, 0.717) is 6.42 Å². The minimum Gasteiger partial charge on any atom is -0.344 e. The van der Waals surface area contributed by atoms with Crippen LogP contribution in [0.15, 0.2) is 0 Å². The second-order valence-electron chi connectivity index (χ2n) is 6.42. The predicted octanol–water partition coefficient (Wildman–Crippen LogP) is 0.717. The number of carbonyl (C=O) groups is 2. The molecule has 1 aliphatic rings. The zero-order valence-electron chi connectivity index (χ0n) is 13.3. The molecule has 0 aromatic carbocycles. The number of carbonyl (C=O) groups excluding carboxylic acids is 2. The Morgan fingerprint density at radius 2 is 1.90 bits per heavy atom. The van der Waals surface area contributed by atoms with Gasteiger partial charge in [-0.2, -0.15) is 0 Å². The molecule has 2 amide bonds. The molecule has 1 unspecified atom stereocenters. The number of nitrogens with zero attached hydrogens (tertiary/aromatic N) is 1. The lowest BCUT2D eigenvalue weighted by atomic mass is 10.1. The van der Waals surface area contributed by atoms with Gasteiger partial charge in [0, 0.05) is 19.5 Å². The first-order valence-electron chi connectivity index (χ1n) is 7.39. The molecule has 1 heterocycles. The molecule has 7 heteroatoms. The van der Waals surface area contributed by atoms with Crippen LogP contribution < -0.4 is 5.32 Å². The van der Waals surface area contributed by atoms with Crippen LogP contribution >= 0.6 is 0 Å². The lowest BCUT2D eigenvalue weighted by Crippen LogP contribution is -2.46. The van der Waals surface area contributed by atoms with Gasteiger partial charge in [0.05, 0.1) is 10.5 Å². The van der Waals surface area contributed by atoms with Gasteiger partial charge in [-0.05, 0) is 27.2 Å². The highest BCUT2D eigenvalue weighted by Gasteiger charge is 2.33. The maximum absolute atomic E-state index is 12.4. The van der Waals surface area contributed by atoms with Gasteiger partial charge in [-0.25, -0.2) is 8.42 Å². The van der Waals surface area contributed by atoms with Gasteiger partial charge in [-0.1, -0.05) is 13.3 Å². The molecule has 6 nitrogen and oxygen atoms in total. The number of hydrogen-bond acceptors (Lipinski definition) is 4. The van der Waals surface area contributed by atoms with Gasteiger partial charge >= 0.3 is 0 Å². The van der Waals surface area contributed by atoms with Crippen LogP contribution in [0.1, 0.15) is 47.0 Å². The molecule has 1 N–H and O–H groups in total. The van der Waals surface area contributed by atoms with Crippen LogP contribution in [0.5, 0.6) is 0 Å². The standard InChI is InChI=1S/C14H26N2O4S/c1-5-6-11-13(18)16(8-7-12(17)15-11)9-10-21(19,20)14(2,3)4/h11H,5-10H2,1-4H3,(H,15,17). The van der Waals surface area contributed by atoms with Gasteiger partial charge in [0.2, 0.25) is 11.8 Å². The van der Waals surface area contributed by atoms with E-state index >= 15 is 0 Å². The third-order valence-corrected chi connectivity index (χ3v) is 6.28. The number of sulfone groups is 1. The Kier molecular flexibility index (Phi) is 5.78. The molecule has 21 heavy (non-hydrogen) atoms. The second kappa shape index (κ2) is 6.77. The first kappa shape index (κ1) is 17.9. The molecule has 1 saturated heterocycles. The van der Waals surface area contributed by atoms with Crippen molar-refractivity contribution in [2.24, 2.45) is 0 Å². The molecular formula is C14H26N2O4S. The zero-order chi connectivity index (χ0) is 16.3.